The summed E-state index contributed by atoms with van der Waals surface area (Å²) in [4.78, 5) is 16.3. The SMILES string of the molecule is Cc1ncc(Br)cc1C(=O)N[C@H](C)c1cc(OC(F)(F)F)ccc1F. The first-order chi connectivity index (χ1) is 11.6. The van der Waals surface area contributed by atoms with E-state index in [9.17, 15) is 22.4 Å². The fourth-order valence-electron chi connectivity index (χ4n) is 2.14. The maximum absolute atomic E-state index is 13.9. The summed E-state index contributed by atoms with van der Waals surface area (Å²) in [7, 11) is 0. The van der Waals surface area contributed by atoms with Crippen molar-refractivity contribution in [3.05, 3.63) is 57.6 Å². The van der Waals surface area contributed by atoms with E-state index in [1.807, 2.05) is 0 Å². The molecular weight excluding hydrogens is 408 g/mol. The van der Waals surface area contributed by atoms with Gasteiger partial charge in [0.15, 0.2) is 0 Å². The number of hydrogen-bond donors (Lipinski definition) is 1. The van der Waals surface area contributed by atoms with Crippen LogP contribution in [-0.2, 0) is 0 Å². The summed E-state index contributed by atoms with van der Waals surface area (Å²) in [6.45, 7) is 3.08. The van der Waals surface area contributed by atoms with Crippen molar-refractivity contribution in [1.29, 1.82) is 0 Å². The molecule has 0 radical (unpaired) electrons. The topological polar surface area (TPSA) is 51.2 Å². The first-order valence-electron chi connectivity index (χ1n) is 7.05. The number of nitrogens with zero attached hydrogens (tertiary/aromatic N) is 1. The standard InChI is InChI=1S/C16H13BrF4N2O2/c1-8-13(5-10(17)7-22-8)15(24)23-9(2)12-6-11(3-4-14(12)18)25-16(19,20)21/h3-7,9H,1-2H3,(H,23,24)/t9-/m1/s1. The molecule has 2 aromatic rings. The maximum Gasteiger partial charge on any atom is 0.573 e. The molecule has 1 heterocycles. The monoisotopic (exact) mass is 420 g/mol. The van der Waals surface area contributed by atoms with Crippen LogP contribution >= 0.6 is 15.9 Å². The minimum atomic E-state index is -4.89. The summed E-state index contributed by atoms with van der Waals surface area (Å²) < 4.78 is 55.2. The van der Waals surface area contributed by atoms with Crippen molar-refractivity contribution in [1.82, 2.24) is 10.3 Å². The largest absolute Gasteiger partial charge is 0.573 e. The van der Waals surface area contributed by atoms with Crippen molar-refractivity contribution < 1.29 is 27.1 Å². The number of nitrogens with one attached hydrogen (secondary N) is 1. The third kappa shape index (κ3) is 5.15. The summed E-state index contributed by atoms with van der Waals surface area (Å²) >= 11 is 3.20. The smallest absolute Gasteiger partial charge is 0.406 e. The zero-order chi connectivity index (χ0) is 18.8. The molecule has 0 spiro atoms. The van der Waals surface area contributed by atoms with E-state index >= 15 is 0 Å². The van der Waals surface area contributed by atoms with Gasteiger partial charge < -0.3 is 10.1 Å². The van der Waals surface area contributed by atoms with E-state index in [-0.39, 0.29) is 11.1 Å². The third-order valence-electron chi connectivity index (χ3n) is 3.31. The number of amides is 1. The van der Waals surface area contributed by atoms with Crippen molar-refractivity contribution in [3.63, 3.8) is 0 Å². The lowest BCUT2D eigenvalue weighted by atomic mass is 10.1. The fraction of sp³-hybridized carbons (Fsp3) is 0.250. The van der Waals surface area contributed by atoms with Gasteiger partial charge in [0, 0.05) is 16.2 Å². The van der Waals surface area contributed by atoms with Gasteiger partial charge in [-0.15, -0.1) is 13.2 Å². The van der Waals surface area contributed by atoms with Crippen LogP contribution in [0.1, 0.15) is 34.6 Å². The summed E-state index contributed by atoms with van der Waals surface area (Å²) in [5, 5.41) is 2.53. The van der Waals surface area contributed by atoms with Gasteiger partial charge in [-0.25, -0.2) is 4.39 Å². The molecule has 4 nitrogen and oxygen atoms in total. The van der Waals surface area contributed by atoms with E-state index in [2.05, 4.69) is 31.0 Å². The van der Waals surface area contributed by atoms with Gasteiger partial charge in [-0.05, 0) is 54.0 Å². The molecule has 1 aromatic heterocycles. The predicted molar refractivity (Wildman–Crippen MR) is 85.6 cm³/mol. The second-order valence-electron chi connectivity index (χ2n) is 5.21. The van der Waals surface area contributed by atoms with Crippen LogP contribution in [0, 0.1) is 12.7 Å². The molecule has 1 atom stereocenters. The molecule has 25 heavy (non-hydrogen) atoms. The van der Waals surface area contributed by atoms with Gasteiger partial charge in [-0.2, -0.15) is 0 Å². The first-order valence-corrected chi connectivity index (χ1v) is 7.84. The van der Waals surface area contributed by atoms with Crippen LogP contribution in [0.25, 0.3) is 0 Å². The van der Waals surface area contributed by atoms with Gasteiger partial charge in [0.1, 0.15) is 11.6 Å². The highest BCUT2D eigenvalue weighted by Crippen LogP contribution is 2.27. The van der Waals surface area contributed by atoms with Crippen molar-refractivity contribution in [3.8, 4) is 5.75 Å². The number of carbonyl (C=O) groups excluding carboxylic acids is 1. The van der Waals surface area contributed by atoms with Crippen LogP contribution in [0.2, 0.25) is 0 Å². The Morgan fingerprint density at radius 2 is 2.00 bits per heavy atom. The molecule has 1 N–H and O–H groups in total. The number of aryl methyl sites for hydroxylation is 1. The Bertz CT molecular complexity index is 796. The van der Waals surface area contributed by atoms with E-state index in [0.717, 1.165) is 18.2 Å². The van der Waals surface area contributed by atoms with E-state index in [1.165, 1.54) is 13.1 Å². The number of carbonyl (C=O) groups is 1. The molecule has 0 saturated carbocycles. The van der Waals surface area contributed by atoms with Crippen molar-refractivity contribution in [2.24, 2.45) is 0 Å². The molecule has 0 aliphatic carbocycles. The highest BCUT2D eigenvalue weighted by Gasteiger charge is 2.31. The molecule has 0 unspecified atom stereocenters. The minimum Gasteiger partial charge on any atom is -0.406 e. The van der Waals surface area contributed by atoms with E-state index < -0.39 is 29.9 Å². The number of pyridine rings is 1. The second kappa shape index (κ2) is 7.38. The maximum atomic E-state index is 13.9. The number of aromatic nitrogens is 1. The van der Waals surface area contributed by atoms with Crippen LogP contribution in [0.5, 0.6) is 5.75 Å². The Labute approximate surface area is 149 Å². The highest BCUT2D eigenvalue weighted by molar-refractivity contribution is 9.10. The number of hydrogen-bond acceptors (Lipinski definition) is 3. The predicted octanol–water partition coefficient (Wildman–Crippen LogP) is 4.68. The van der Waals surface area contributed by atoms with Crippen LogP contribution in [0.15, 0.2) is 34.9 Å². The average molecular weight is 421 g/mol. The first kappa shape index (κ1) is 19.2. The Morgan fingerprint density at radius 1 is 1.32 bits per heavy atom. The summed E-state index contributed by atoms with van der Waals surface area (Å²) in [6.07, 6.45) is -3.37. The zero-order valence-corrected chi connectivity index (χ0v) is 14.7. The lowest BCUT2D eigenvalue weighted by Crippen LogP contribution is -2.28. The molecule has 0 aliphatic rings. The fourth-order valence-corrected chi connectivity index (χ4v) is 2.47. The lowest BCUT2D eigenvalue weighted by molar-refractivity contribution is -0.274. The molecule has 9 heteroatoms. The van der Waals surface area contributed by atoms with Crippen LogP contribution in [0.4, 0.5) is 17.6 Å². The zero-order valence-electron chi connectivity index (χ0n) is 13.1. The van der Waals surface area contributed by atoms with Crippen LogP contribution in [0.3, 0.4) is 0 Å². The van der Waals surface area contributed by atoms with Crippen LogP contribution in [-0.4, -0.2) is 17.3 Å². The van der Waals surface area contributed by atoms with Crippen LogP contribution < -0.4 is 10.1 Å². The number of alkyl halides is 3. The summed E-state index contributed by atoms with van der Waals surface area (Å²) in [5.74, 6) is -1.85. The molecule has 2 rings (SSSR count). The quantitative estimate of drug-likeness (QED) is 0.730. The molecule has 1 aromatic carbocycles. The molecule has 0 saturated heterocycles. The molecule has 0 fully saturated rings. The average Bonchev–Trinajstić information content (AvgIpc) is 2.50. The molecule has 134 valence electrons. The Morgan fingerprint density at radius 3 is 2.64 bits per heavy atom. The third-order valence-corrected chi connectivity index (χ3v) is 3.75. The van der Waals surface area contributed by atoms with E-state index in [1.54, 1.807) is 13.0 Å². The van der Waals surface area contributed by atoms with Gasteiger partial charge in [-0.3, -0.25) is 9.78 Å². The molecule has 0 bridgehead atoms. The van der Waals surface area contributed by atoms with Crippen molar-refractivity contribution in [2.45, 2.75) is 26.3 Å². The second-order valence-corrected chi connectivity index (χ2v) is 6.13. The highest BCUT2D eigenvalue weighted by atomic mass is 79.9. The number of ether oxygens (including phenoxy) is 1. The van der Waals surface area contributed by atoms with Gasteiger partial charge in [0.25, 0.3) is 5.91 Å². The number of halogens is 5. The Kier molecular flexibility index (Phi) is 5.66. The Balaban J connectivity index is 2.22. The molecular formula is C16H13BrF4N2O2. The minimum absolute atomic E-state index is 0.129. The summed E-state index contributed by atoms with van der Waals surface area (Å²) in [6, 6.07) is 3.28. The Hall–Kier alpha value is -2.16. The normalized spacial score (nSPS) is 12.6. The number of benzene rings is 1. The summed E-state index contributed by atoms with van der Waals surface area (Å²) in [5.41, 5.74) is 0.600. The van der Waals surface area contributed by atoms with Gasteiger partial charge in [-0.1, -0.05) is 0 Å². The molecule has 0 aliphatic heterocycles. The van der Waals surface area contributed by atoms with Gasteiger partial charge >= 0.3 is 6.36 Å². The number of rotatable bonds is 4. The van der Waals surface area contributed by atoms with Gasteiger partial charge in [0.05, 0.1) is 17.3 Å². The lowest BCUT2D eigenvalue weighted by Gasteiger charge is -2.17. The van der Waals surface area contributed by atoms with E-state index in [0.29, 0.717) is 10.2 Å². The molecule has 1 amide bonds. The van der Waals surface area contributed by atoms with E-state index in [4.69, 9.17) is 0 Å². The van der Waals surface area contributed by atoms with Crippen molar-refractivity contribution in [2.75, 3.05) is 0 Å². The van der Waals surface area contributed by atoms with Gasteiger partial charge in [0.2, 0.25) is 0 Å². The van der Waals surface area contributed by atoms with Crippen molar-refractivity contribution >= 4 is 21.8 Å².